The molecule has 0 aliphatic carbocycles. The summed E-state index contributed by atoms with van der Waals surface area (Å²) < 4.78 is 0. The van der Waals surface area contributed by atoms with E-state index in [1.54, 1.807) is 6.92 Å². The smallest absolute Gasteiger partial charge is 0.250 e. The third kappa shape index (κ3) is 2.13. The highest BCUT2D eigenvalue weighted by Gasteiger charge is 2.01. The molecule has 0 fully saturated rings. The first kappa shape index (κ1) is 6.39. The molecule has 0 aromatic carbocycles. The zero-order chi connectivity index (χ0) is 5.86. The van der Waals surface area contributed by atoms with Gasteiger partial charge < -0.3 is 5.73 Å². The Kier molecular flexibility index (Phi) is 2.32. The molecular formula is C3H9N3O. The second kappa shape index (κ2) is 2.54. The number of amides is 1. The second-order valence-corrected chi connectivity index (χ2v) is 1.30. The summed E-state index contributed by atoms with van der Waals surface area (Å²) >= 11 is 0. The molecular weight excluding hydrogens is 94.1 g/mol. The molecule has 0 saturated heterocycles. The van der Waals surface area contributed by atoms with E-state index in [9.17, 15) is 4.79 Å². The first-order valence-electron chi connectivity index (χ1n) is 1.94. The minimum Gasteiger partial charge on any atom is -0.320 e. The predicted octanol–water partition coefficient (Wildman–Crippen LogP) is -1.68. The van der Waals surface area contributed by atoms with Gasteiger partial charge in [-0.3, -0.25) is 10.2 Å². The first-order valence-corrected chi connectivity index (χ1v) is 1.94. The van der Waals surface area contributed by atoms with Gasteiger partial charge in [0.05, 0.1) is 6.04 Å². The zero-order valence-corrected chi connectivity index (χ0v) is 4.14. The van der Waals surface area contributed by atoms with Crippen molar-refractivity contribution in [1.29, 1.82) is 0 Å². The van der Waals surface area contributed by atoms with Gasteiger partial charge in [-0.1, -0.05) is 0 Å². The van der Waals surface area contributed by atoms with Crippen LogP contribution in [0.25, 0.3) is 0 Å². The van der Waals surface area contributed by atoms with E-state index in [2.05, 4.69) is 0 Å². The molecule has 0 rings (SSSR count). The van der Waals surface area contributed by atoms with Crippen LogP contribution < -0.4 is 17.0 Å². The van der Waals surface area contributed by atoms with Crippen LogP contribution in [0.3, 0.4) is 0 Å². The van der Waals surface area contributed by atoms with Crippen molar-refractivity contribution in [3.8, 4) is 0 Å². The molecule has 0 radical (unpaired) electrons. The SMILES string of the molecule is C[C@H](N)C(=O)NN. The van der Waals surface area contributed by atoms with Gasteiger partial charge in [0, 0.05) is 0 Å². The number of carbonyl (C=O) groups is 1. The number of hydrogen-bond acceptors (Lipinski definition) is 3. The van der Waals surface area contributed by atoms with Crippen molar-refractivity contribution in [2.24, 2.45) is 11.6 Å². The van der Waals surface area contributed by atoms with Crippen LogP contribution in [-0.2, 0) is 4.79 Å². The monoisotopic (exact) mass is 103 g/mol. The Morgan fingerprint density at radius 1 is 1.86 bits per heavy atom. The number of hydrazine groups is 1. The van der Waals surface area contributed by atoms with Gasteiger partial charge >= 0.3 is 0 Å². The van der Waals surface area contributed by atoms with Crippen LogP contribution in [0.15, 0.2) is 0 Å². The van der Waals surface area contributed by atoms with Gasteiger partial charge in [-0.05, 0) is 6.92 Å². The number of rotatable bonds is 1. The largest absolute Gasteiger partial charge is 0.320 e. The normalized spacial score (nSPS) is 13.0. The van der Waals surface area contributed by atoms with E-state index in [4.69, 9.17) is 11.6 Å². The molecule has 0 heterocycles. The number of nitrogens with two attached hydrogens (primary N) is 2. The lowest BCUT2D eigenvalue weighted by Gasteiger charge is -1.98. The molecule has 0 aromatic rings. The Bertz CT molecular complexity index is 70.6. The number of nitrogens with one attached hydrogen (secondary N) is 1. The first-order chi connectivity index (χ1) is 3.18. The van der Waals surface area contributed by atoms with Crippen LogP contribution in [0.1, 0.15) is 6.92 Å². The molecule has 1 amide bonds. The molecule has 0 saturated carbocycles. The maximum Gasteiger partial charge on any atom is 0.250 e. The number of hydrogen-bond donors (Lipinski definition) is 3. The minimum absolute atomic E-state index is 0.347. The van der Waals surface area contributed by atoms with Crippen LogP contribution in [0.2, 0.25) is 0 Å². The third-order valence-corrected chi connectivity index (χ3v) is 0.556. The van der Waals surface area contributed by atoms with Crippen molar-refractivity contribution in [2.45, 2.75) is 13.0 Å². The molecule has 42 valence electrons. The van der Waals surface area contributed by atoms with Crippen molar-refractivity contribution in [1.82, 2.24) is 5.43 Å². The summed E-state index contributed by atoms with van der Waals surface area (Å²) in [6.45, 7) is 1.56. The average molecular weight is 103 g/mol. The Balaban J connectivity index is 3.35. The highest BCUT2D eigenvalue weighted by molar-refractivity contribution is 5.80. The lowest BCUT2D eigenvalue weighted by molar-refractivity contribution is -0.122. The Morgan fingerprint density at radius 2 is 2.29 bits per heavy atom. The fraction of sp³-hybridized carbons (Fsp3) is 0.667. The Hall–Kier alpha value is -0.610. The molecule has 0 aliphatic rings. The summed E-state index contributed by atoms with van der Waals surface area (Å²) in [5, 5.41) is 0. The molecule has 0 spiro atoms. The molecule has 0 aliphatic heterocycles. The molecule has 0 aromatic heterocycles. The molecule has 0 bridgehead atoms. The van der Waals surface area contributed by atoms with E-state index in [0.717, 1.165) is 0 Å². The van der Waals surface area contributed by atoms with Crippen molar-refractivity contribution < 1.29 is 4.79 Å². The van der Waals surface area contributed by atoms with Gasteiger partial charge in [0.2, 0.25) is 5.91 Å². The van der Waals surface area contributed by atoms with Crippen molar-refractivity contribution >= 4 is 5.91 Å². The second-order valence-electron chi connectivity index (χ2n) is 1.30. The molecule has 7 heavy (non-hydrogen) atoms. The maximum atomic E-state index is 10.2. The van der Waals surface area contributed by atoms with Gasteiger partial charge in [0.15, 0.2) is 0 Å². The standard InChI is InChI=1S/C3H9N3O/c1-2(4)3(7)6-5/h2H,4-5H2,1H3,(H,6,7)/t2-/m0/s1. The van der Waals surface area contributed by atoms with Gasteiger partial charge in [-0.15, -0.1) is 0 Å². The fourth-order valence-electron chi connectivity index (χ4n) is 0.131. The van der Waals surface area contributed by atoms with E-state index >= 15 is 0 Å². The van der Waals surface area contributed by atoms with Gasteiger partial charge in [0.25, 0.3) is 0 Å². The van der Waals surface area contributed by atoms with Gasteiger partial charge in [-0.25, -0.2) is 5.84 Å². The molecule has 4 nitrogen and oxygen atoms in total. The van der Waals surface area contributed by atoms with Crippen molar-refractivity contribution in [2.75, 3.05) is 0 Å². The van der Waals surface area contributed by atoms with Crippen molar-refractivity contribution in [3.63, 3.8) is 0 Å². The predicted molar refractivity (Wildman–Crippen MR) is 26.0 cm³/mol. The third-order valence-electron chi connectivity index (χ3n) is 0.556. The zero-order valence-electron chi connectivity index (χ0n) is 4.14. The average Bonchev–Trinajstić information content (AvgIpc) is 1.65. The topological polar surface area (TPSA) is 81.1 Å². The summed E-state index contributed by atoms with van der Waals surface area (Å²) in [5.74, 6) is 4.35. The summed E-state index contributed by atoms with van der Waals surface area (Å²) in [4.78, 5) is 10.2. The van der Waals surface area contributed by atoms with E-state index in [1.165, 1.54) is 0 Å². The molecule has 1 atom stereocenters. The highest BCUT2D eigenvalue weighted by Crippen LogP contribution is 1.67. The lowest BCUT2D eigenvalue weighted by Crippen LogP contribution is -2.41. The lowest BCUT2D eigenvalue weighted by atomic mass is 10.4. The van der Waals surface area contributed by atoms with E-state index in [0.29, 0.717) is 0 Å². The van der Waals surface area contributed by atoms with Crippen LogP contribution in [0.5, 0.6) is 0 Å². The summed E-state index contributed by atoms with van der Waals surface area (Å²) in [7, 11) is 0. The van der Waals surface area contributed by atoms with E-state index in [1.807, 2.05) is 5.43 Å². The maximum absolute atomic E-state index is 10.2. The van der Waals surface area contributed by atoms with Crippen LogP contribution >= 0.6 is 0 Å². The minimum atomic E-state index is -0.509. The summed E-state index contributed by atoms with van der Waals surface area (Å²) in [6, 6.07) is -0.509. The van der Waals surface area contributed by atoms with Crippen molar-refractivity contribution in [3.05, 3.63) is 0 Å². The van der Waals surface area contributed by atoms with Gasteiger partial charge in [-0.2, -0.15) is 0 Å². The Labute approximate surface area is 41.8 Å². The molecule has 5 N–H and O–H groups in total. The molecule has 4 heteroatoms. The summed E-state index contributed by atoms with van der Waals surface area (Å²) in [6.07, 6.45) is 0. The highest BCUT2D eigenvalue weighted by atomic mass is 16.2. The van der Waals surface area contributed by atoms with E-state index in [-0.39, 0.29) is 5.91 Å². The van der Waals surface area contributed by atoms with Crippen LogP contribution in [0.4, 0.5) is 0 Å². The van der Waals surface area contributed by atoms with E-state index < -0.39 is 6.04 Å². The van der Waals surface area contributed by atoms with Crippen LogP contribution in [0, 0.1) is 0 Å². The summed E-state index contributed by atoms with van der Waals surface area (Å²) in [5.41, 5.74) is 6.95. The number of carbonyl (C=O) groups excluding carboxylic acids is 1. The Morgan fingerprint density at radius 3 is 2.29 bits per heavy atom. The quantitative estimate of drug-likeness (QED) is 0.211. The van der Waals surface area contributed by atoms with Crippen LogP contribution in [-0.4, -0.2) is 11.9 Å². The van der Waals surface area contributed by atoms with Gasteiger partial charge in [0.1, 0.15) is 0 Å². The molecule has 0 unspecified atom stereocenters. The fourth-order valence-corrected chi connectivity index (χ4v) is 0.131.